The fourth-order valence-corrected chi connectivity index (χ4v) is 2.88. The monoisotopic (exact) mass is 264 g/mol. The van der Waals surface area contributed by atoms with Gasteiger partial charge in [0.1, 0.15) is 29.8 Å². The minimum absolute atomic E-state index is 0.253. The van der Waals surface area contributed by atoms with Gasteiger partial charge in [0.25, 0.3) is 0 Å². The first kappa shape index (κ1) is 11.1. The molecule has 1 unspecified atom stereocenters. The van der Waals surface area contributed by atoms with Crippen LogP contribution in [0.2, 0.25) is 0 Å². The number of aryl methyl sites for hydroxylation is 1. The molecule has 2 aromatic heterocycles. The molecule has 0 aliphatic carbocycles. The predicted octanol–water partition coefficient (Wildman–Crippen LogP) is -1.47. The molecule has 2 aliphatic rings. The number of hydrogen-bond acceptors (Lipinski definition) is 6. The maximum atomic E-state index is 11.8. The number of imidazole rings is 1. The number of hydrogen-bond donors (Lipinski definition) is 2. The molecule has 0 aromatic carbocycles. The Balaban J connectivity index is 2.10. The quantitative estimate of drug-likeness (QED) is 0.602. The molecule has 8 heteroatoms. The van der Waals surface area contributed by atoms with Crippen molar-refractivity contribution >= 4 is 11.2 Å². The van der Waals surface area contributed by atoms with Gasteiger partial charge in [-0.2, -0.15) is 4.98 Å². The second-order valence-electron chi connectivity index (χ2n) is 4.95. The first-order valence-electron chi connectivity index (χ1n) is 6.03. The summed E-state index contributed by atoms with van der Waals surface area (Å²) in [7, 11) is 0. The van der Waals surface area contributed by atoms with Crippen molar-refractivity contribution in [2.24, 2.45) is 0 Å². The van der Waals surface area contributed by atoms with Gasteiger partial charge in [-0.1, -0.05) is 0 Å². The highest BCUT2D eigenvalue weighted by Crippen LogP contribution is 2.35. The highest BCUT2D eigenvalue weighted by Gasteiger charge is 2.46. The van der Waals surface area contributed by atoms with E-state index in [1.807, 2.05) is 0 Å². The zero-order chi connectivity index (χ0) is 13.3. The smallest absolute Gasteiger partial charge is 0.301 e. The van der Waals surface area contributed by atoms with Crippen molar-refractivity contribution in [3.63, 3.8) is 0 Å². The first-order chi connectivity index (χ1) is 9.08. The molecule has 100 valence electrons. The van der Waals surface area contributed by atoms with Crippen molar-refractivity contribution < 1.29 is 14.9 Å². The van der Waals surface area contributed by atoms with Crippen LogP contribution in [0.15, 0.2) is 11.1 Å². The molecule has 1 fully saturated rings. The summed E-state index contributed by atoms with van der Waals surface area (Å²) in [5, 5.41) is 20.0. The van der Waals surface area contributed by atoms with Crippen molar-refractivity contribution in [3.05, 3.63) is 22.5 Å². The molecule has 2 aromatic rings. The second kappa shape index (κ2) is 3.41. The third-order valence-electron chi connectivity index (χ3n) is 3.85. The second-order valence-corrected chi connectivity index (χ2v) is 4.95. The van der Waals surface area contributed by atoms with Crippen LogP contribution in [0.1, 0.15) is 12.1 Å². The topological polar surface area (TPSA) is 102 Å². The lowest BCUT2D eigenvalue weighted by atomic mass is 10.1. The Morgan fingerprint density at radius 1 is 1.42 bits per heavy atom. The molecule has 0 radical (unpaired) electrons. The van der Waals surface area contributed by atoms with Gasteiger partial charge in [0.15, 0.2) is 11.7 Å². The average Bonchev–Trinajstić information content (AvgIpc) is 2.85. The van der Waals surface area contributed by atoms with Crippen LogP contribution in [-0.2, 0) is 11.3 Å². The first-order valence-corrected chi connectivity index (χ1v) is 6.03. The Morgan fingerprint density at radius 2 is 2.21 bits per heavy atom. The predicted molar refractivity (Wildman–Crippen MR) is 62.4 cm³/mol. The van der Waals surface area contributed by atoms with Gasteiger partial charge in [-0.05, 0) is 6.92 Å². The zero-order valence-corrected chi connectivity index (χ0v) is 10.1. The molecular formula is C11H12N4O4. The van der Waals surface area contributed by atoms with Gasteiger partial charge in [-0.3, -0.25) is 9.36 Å². The third kappa shape index (κ3) is 1.25. The summed E-state index contributed by atoms with van der Waals surface area (Å²) in [6, 6.07) is 0. The fraction of sp³-hybridized carbons (Fsp3) is 0.545. The average molecular weight is 264 g/mol. The molecule has 1 saturated heterocycles. The summed E-state index contributed by atoms with van der Waals surface area (Å²) < 4.78 is 9.03. The summed E-state index contributed by atoms with van der Waals surface area (Å²) in [5.74, 6) is 0.539. The van der Waals surface area contributed by atoms with Gasteiger partial charge >= 0.3 is 5.56 Å². The van der Waals surface area contributed by atoms with E-state index in [0.717, 1.165) is 0 Å². The van der Waals surface area contributed by atoms with E-state index in [1.54, 1.807) is 16.1 Å². The number of ether oxygens (including phenoxy) is 1. The van der Waals surface area contributed by atoms with E-state index in [9.17, 15) is 15.0 Å². The molecular weight excluding hydrogens is 252 g/mol. The highest BCUT2D eigenvalue weighted by atomic mass is 16.6. The summed E-state index contributed by atoms with van der Waals surface area (Å²) in [6.07, 6.45) is -1.79. The fourth-order valence-electron chi connectivity index (χ4n) is 2.88. The van der Waals surface area contributed by atoms with E-state index in [1.165, 1.54) is 6.33 Å². The zero-order valence-electron chi connectivity index (χ0n) is 10.1. The van der Waals surface area contributed by atoms with Gasteiger partial charge in [-0.25, -0.2) is 4.98 Å². The van der Waals surface area contributed by atoms with E-state index in [0.29, 0.717) is 18.0 Å². The Morgan fingerprint density at radius 3 is 3.00 bits per heavy atom. The van der Waals surface area contributed by atoms with E-state index in [4.69, 9.17) is 4.74 Å². The van der Waals surface area contributed by atoms with Crippen LogP contribution in [0.5, 0.6) is 0 Å². The normalized spacial score (nSPS) is 32.8. The van der Waals surface area contributed by atoms with Crippen LogP contribution in [0, 0.1) is 6.92 Å². The van der Waals surface area contributed by atoms with Crippen molar-refractivity contribution in [2.75, 3.05) is 0 Å². The maximum Gasteiger partial charge on any atom is 0.301 e. The van der Waals surface area contributed by atoms with E-state index in [-0.39, 0.29) is 5.52 Å². The lowest BCUT2D eigenvalue weighted by molar-refractivity contribution is -0.0331. The largest absolute Gasteiger partial charge is 0.387 e. The number of rotatable bonds is 0. The molecule has 0 saturated carbocycles. The van der Waals surface area contributed by atoms with E-state index in [2.05, 4.69) is 9.97 Å². The Hall–Kier alpha value is -1.77. The number of aliphatic hydroxyl groups is 2. The molecule has 19 heavy (non-hydrogen) atoms. The SMILES string of the molecule is Cc1nc(=O)c2ncn3c2n1C[C@H]1O[C@@H]3C(O)[C@H]1O. The van der Waals surface area contributed by atoms with E-state index >= 15 is 0 Å². The molecule has 4 heterocycles. The van der Waals surface area contributed by atoms with Crippen LogP contribution in [-0.4, -0.2) is 47.6 Å². The highest BCUT2D eigenvalue weighted by molar-refractivity contribution is 5.70. The minimum Gasteiger partial charge on any atom is -0.387 e. The van der Waals surface area contributed by atoms with E-state index < -0.39 is 30.1 Å². The number of nitrogens with zero attached hydrogens (tertiary/aromatic N) is 4. The summed E-state index contributed by atoms with van der Waals surface area (Å²) in [5.41, 5.74) is 0.440. The summed E-state index contributed by atoms with van der Waals surface area (Å²) in [6.45, 7) is 2.05. The van der Waals surface area contributed by atoms with Gasteiger partial charge in [-0.15, -0.1) is 0 Å². The lowest BCUT2D eigenvalue weighted by Crippen LogP contribution is -2.36. The minimum atomic E-state index is -1.03. The van der Waals surface area contributed by atoms with Crippen molar-refractivity contribution in [2.45, 2.75) is 38.0 Å². The standard InChI is InChI=1S/C11H12N4O4/c1-4-13-9(18)6-10-14(4)2-5-7(16)8(17)11(19-5)15(10)3-12-6/h3,5,7-8,11,16-17H,2H2,1H3/t5-,7+,8?,11-/m1/s1. The molecule has 0 spiro atoms. The molecule has 2 aliphatic heterocycles. The Labute approximate surface area is 106 Å². The van der Waals surface area contributed by atoms with Crippen molar-refractivity contribution in [1.29, 1.82) is 0 Å². The number of fused-ring (bicyclic) bond motifs is 3. The van der Waals surface area contributed by atoms with Crippen LogP contribution in [0.25, 0.3) is 11.2 Å². The maximum absolute atomic E-state index is 11.8. The molecule has 4 atom stereocenters. The summed E-state index contributed by atoms with van der Waals surface area (Å²) >= 11 is 0. The molecule has 2 N–H and O–H groups in total. The Kier molecular flexibility index (Phi) is 1.99. The van der Waals surface area contributed by atoms with Crippen LogP contribution in [0.3, 0.4) is 0 Å². The van der Waals surface area contributed by atoms with Crippen molar-refractivity contribution in [3.8, 4) is 0 Å². The Bertz CT molecular complexity index is 736. The number of aliphatic hydroxyl groups excluding tert-OH is 2. The van der Waals surface area contributed by atoms with Gasteiger partial charge in [0.05, 0.1) is 12.9 Å². The molecule has 4 rings (SSSR count). The van der Waals surface area contributed by atoms with Gasteiger partial charge in [0.2, 0.25) is 0 Å². The molecule has 8 nitrogen and oxygen atoms in total. The van der Waals surface area contributed by atoms with Crippen LogP contribution < -0.4 is 5.56 Å². The van der Waals surface area contributed by atoms with Crippen LogP contribution >= 0.6 is 0 Å². The molecule has 2 bridgehead atoms. The number of aromatic nitrogens is 4. The van der Waals surface area contributed by atoms with Crippen molar-refractivity contribution in [1.82, 2.24) is 19.1 Å². The molecule has 0 amide bonds. The van der Waals surface area contributed by atoms with Gasteiger partial charge < -0.3 is 19.5 Å². The lowest BCUT2D eigenvalue weighted by Gasteiger charge is -2.21. The summed E-state index contributed by atoms with van der Waals surface area (Å²) in [4.78, 5) is 19.8. The van der Waals surface area contributed by atoms with Gasteiger partial charge in [0, 0.05) is 0 Å². The third-order valence-corrected chi connectivity index (χ3v) is 3.85. The van der Waals surface area contributed by atoms with Crippen LogP contribution in [0.4, 0.5) is 0 Å².